The molecule has 0 spiro atoms. The maximum atomic E-state index is 11.7. The molecule has 1 nitrogen and oxygen atoms in total. The molecule has 1 aromatic rings. The lowest BCUT2D eigenvalue weighted by Crippen LogP contribution is -1.97. The third kappa shape index (κ3) is 4.01. The second-order valence-corrected chi connectivity index (χ2v) is 4.88. The molecule has 1 rings (SSSR count). The molecular formula is C15H20O. The van der Waals surface area contributed by atoms with Gasteiger partial charge in [-0.15, -0.1) is 0 Å². The Balaban J connectivity index is 2.79. The Morgan fingerprint density at radius 3 is 2.19 bits per heavy atom. The molecule has 0 aliphatic heterocycles. The molecular weight excluding hydrogens is 196 g/mol. The van der Waals surface area contributed by atoms with E-state index in [0.717, 1.165) is 17.6 Å². The van der Waals surface area contributed by atoms with Gasteiger partial charge in [0.15, 0.2) is 5.78 Å². The summed E-state index contributed by atoms with van der Waals surface area (Å²) in [6.07, 6.45) is 2.74. The van der Waals surface area contributed by atoms with Crippen LogP contribution < -0.4 is 0 Å². The molecule has 0 heterocycles. The molecule has 1 aromatic carbocycles. The van der Waals surface area contributed by atoms with Crippen molar-refractivity contribution in [2.24, 2.45) is 5.92 Å². The molecule has 0 bridgehead atoms. The first-order valence-corrected chi connectivity index (χ1v) is 5.77. The lowest BCUT2D eigenvalue weighted by atomic mass is 10.0. The van der Waals surface area contributed by atoms with E-state index < -0.39 is 0 Å². The quantitative estimate of drug-likeness (QED) is 0.548. The number of carbonyl (C=O) groups excluding carboxylic acids is 1. The fourth-order valence-electron chi connectivity index (χ4n) is 1.62. The summed E-state index contributed by atoms with van der Waals surface area (Å²) in [5.74, 6) is 0.746. The highest BCUT2D eigenvalue weighted by molar-refractivity contribution is 6.04. The molecule has 86 valence electrons. The fourth-order valence-corrected chi connectivity index (χ4v) is 1.62. The zero-order chi connectivity index (χ0) is 12.1. The van der Waals surface area contributed by atoms with Crippen LogP contribution in [0.5, 0.6) is 0 Å². The highest BCUT2D eigenvalue weighted by atomic mass is 16.1. The zero-order valence-corrected chi connectivity index (χ0v) is 10.6. The second-order valence-electron chi connectivity index (χ2n) is 4.88. The molecule has 0 atom stereocenters. The summed E-state index contributed by atoms with van der Waals surface area (Å²) in [6.45, 7) is 8.26. The first kappa shape index (κ1) is 12.7. The summed E-state index contributed by atoms with van der Waals surface area (Å²) >= 11 is 0. The van der Waals surface area contributed by atoms with Crippen LogP contribution in [0.25, 0.3) is 0 Å². The molecule has 0 saturated heterocycles. The van der Waals surface area contributed by atoms with Gasteiger partial charge in [0.1, 0.15) is 0 Å². The number of carbonyl (C=O) groups is 1. The second kappa shape index (κ2) is 5.64. The van der Waals surface area contributed by atoms with Crippen LogP contribution in [0, 0.1) is 5.92 Å². The van der Waals surface area contributed by atoms with Crippen molar-refractivity contribution in [3.05, 3.63) is 47.0 Å². The van der Waals surface area contributed by atoms with Gasteiger partial charge in [0.2, 0.25) is 0 Å². The summed E-state index contributed by atoms with van der Waals surface area (Å²) < 4.78 is 0. The number of ketones is 1. The maximum absolute atomic E-state index is 11.7. The Morgan fingerprint density at radius 2 is 1.75 bits per heavy atom. The Kier molecular flexibility index (Phi) is 4.48. The normalized spacial score (nSPS) is 10.3. The van der Waals surface area contributed by atoms with E-state index in [4.69, 9.17) is 0 Å². The van der Waals surface area contributed by atoms with Crippen LogP contribution in [-0.2, 0) is 6.42 Å². The van der Waals surface area contributed by atoms with Crippen molar-refractivity contribution in [1.82, 2.24) is 0 Å². The highest BCUT2D eigenvalue weighted by Crippen LogP contribution is 2.11. The predicted molar refractivity (Wildman–Crippen MR) is 68.7 cm³/mol. The largest absolute Gasteiger partial charge is 0.289 e. The van der Waals surface area contributed by atoms with Gasteiger partial charge in [0.05, 0.1) is 0 Å². The number of hydrogen-bond donors (Lipinski definition) is 0. The van der Waals surface area contributed by atoms with Gasteiger partial charge in [0.25, 0.3) is 0 Å². The fraction of sp³-hybridized carbons (Fsp3) is 0.400. The molecule has 0 saturated carbocycles. The van der Waals surface area contributed by atoms with Crippen LogP contribution in [0.1, 0.15) is 43.6 Å². The van der Waals surface area contributed by atoms with Gasteiger partial charge in [-0.3, -0.25) is 4.79 Å². The van der Waals surface area contributed by atoms with Crippen molar-refractivity contribution in [3.63, 3.8) is 0 Å². The van der Waals surface area contributed by atoms with E-state index in [1.54, 1.807) is 6.08 Å². The summed E-state index contributed by atoms with van der Waals surface area (Å²) in [6, 6.07) is 7.93. The van der Waals surface area contributed by atoms with E-state index in [0.29, 0.717) is 5.92 Å². The van der Waals surface area contributed by atoms with Crippen LogP contribution in [0.15, 0.2) is 35.9 Å². The summed E-state index contributed by atoms with van der Waals surface area (Å²) in [5.41, 5.74) is 3.11. The van der Waals surface area contributed by atoms with Gasteiger partial charge in [-0.05, 0) is 37.8 Å². The van der Waals surface area contributed by atoms with Crippen molar-refractivity contribution >= 4 is 5.78 Å². The van der Waals surface area contributed by atoms with E-state index in [9.17, 15) is 4.79 Å². The smallest absolute Gasteiger partial charge is 0.185 e. The van der Waals surface area contributed by atoms with E-state index in [1.807, 2.05) is 38.1 Å². The first-order chi connectivity index (χ1) is 7.49. The summed E-state index contributed by atoms with van der Waals surface area (Å²) in [4.78, 5) is 11.7. The Morgan fingerprint density at radius 1 is 1.19 bits per heavy atom. The summed E-state index contributed by atoms with van der Waals surface area (Å²) in [5, 5.41) is 0. The van der Waals surface area contributed by atoms with Crippen molar-refractivity contribution in [1.29, 1.82) is 0 Å². The molecule has 0 radical (unpaired) electrons. The lowest BCUT2D eigenvalue weighted by Gasteiger charge is -2.05. The molecule has 0 unspecified atom stereocenters. The van der Waals surface area contributed by atoms with Gasteiger partial charge in [-0.1, -0.05) is 43.7 Å². The van der Waals surface area contributed by atoms with Crippen molar-refractivity contribution in [2.45, 2.75) is 34.1 Å². The van der Waals surface area contributed by atoms with Crippen LogP contribution in [0.2, 0.25) is 0 Å². The maximum Gasteiger partial charge on any atom is 0.185 e. The van der Waals surface area contributed by atoms with Crippen LogP contribution in [0.3, 0.4) is 0 Å². The Hall–Kier alpha value is -1.37. The van der Waals surface area contributed by atoms with Gasteiger partial charge in [-0.2, -0.15) is 0 Å². The number of rotatable bonds is 4. The van der Waals surface area contributed by atoms with E-state index in [-0.39, 0.29) is 5.78 Å². The molecule has 0 N–H and O–H groups in total. The van der Waals surface area contributed by atoms with Crippen molar-refractivity contribution < 1.29 is 4.79 Å². The summed E-state index contributed by atoms with van der Waals surface area (Å²) in [7, 11) is 0. The average molecular weight is 216 g/mol. The molecule has 0 fully saturated rings. The average Bonchev–Trinajstić information content (AvgIpc) is 2.16. The van der Waals surface area contributed by atoms with E-state index in [2.05, 4.69) is 13.8 Å². The SMILES string of the molecule is CC(C)=CC(=O)c1ccc(CC(C)C)cc1. The Bertz CT molecular complexity index is 378. The van der Waals surface area contributed by atoms with Gasteiger partial charge in [-0.25, -0.2) is 0 Å². The predicted octanol–water partition coefficient (Wildman–Crippen LogP) is 4.03. The molecule has 0 aromatic heterocycles. The van der Waals surface area contributed by atoms with Gasteiger partial charge < -0.3 is 0 Å². The van der Waals surface area contributed by atoms with Gasteiger partial charge >= 0.3 is 0 Å². The first-order valence-electron chi connectivity index (χ1n) is 5.77. The van der Waals surface area contributed by atoms with Crippen molar-refractivity contribution in [2.75, 3.05) is 0 Å². The van der Waals surface area contributed by atoms with E-state index in [1.165, 1.54) is 5.56 Å². The van der Waals surface area contributed by atoms with Crippen LogP contribution in [-0.4, -0.2) is 5.78 Å². The minimum atomic E-state index is 0.0936. The number of allylic oxidation sites excluding steroid dienone is 2. The van der Waals surface area contributed by atoms with Crippen LogP contribution in [0.4, 0.5) is 0 Å². The minimum absolute atomic E-state index is 0.0936. The zero-order valence-electron chi connectivity index (χ0n) is 10.6. The lowest BCUT2D eigenvalue weighted by molar-refractivity contribution is 0.104. The number of hydrogen-bond acceptors (Lipinski definition) is 1. The van der Waals surface area contributed by atoms with Gasteiger partial charge in [0, 0.05) is 5.56 Å². The van der Waals surface area contributed by atoms with E-state index >= 15 is 0 Å². The Labute approximate surface area is 98.2 Å². The third-order valence-electron chi connectivity index (χ3n) is 2.30. The number of benzene rings is 1. The molecule has 0 amide bonds. The molecule has 16 heavy (non-hydrogen) atoms. The van der Waals surface area contributed by atoms with Crippen molar-refractivity contribution in [3.8, 4) is 0 Å². The molecule has 0 aliphatic rings. The molecule has 1 heteroatoms. The minimum Gasteiger partial charge on any atom is -0.289 e. The highest BCUT2D eigenvalue weighted by Gasteiger charge is 2.03. The standard InChI is InChI=1S/C15H20O/c1-11(2)9-13-5-7-14(8-6-13)15(16)10-12(3)4/h5-8,10-11H,9H2,1-4H3. The third-order valence-corrected chi connectivity index (χ3v) is 2.30. The topological polar surface area (TPSA) is 17.1 Å². The van der Waals surface area contributed by atoms with Crippen LogP contribution >= 0.6 is 0 Å². The molecule has 0 aliphatic carbocycles. The monoisotopic (exact) mass is 216 g/mol.